The first-order chi connectivity index (χ1) is 10.1. The molecule has 0 atom stereocenters. The average molecular weight is 306 g/mol. The van der Waals surface area contributed by atoms with E-state index in [1.165, 1.54) is 23.9 Å². The Kier molecular flexibility index (Phi) is 5.05. The van der Waals surface area contributed by atoms with Gasteiger partial charge in [-0.25, -0.2) is 4.39 Å². The van der Waals surface area contributed by atoms with Crippen molar-refractivity contribution < 1.29 is 13.9 Å². The monoisotopic (exact) mass is 306 g/mol. The highest BCUT2D eigenvalue weighted by Crippen LogP contribution is 2.27. The van der Waals surface area contributed by atoms with Crippen LogP contribution in [-0.4, -0.2) is 18.8 Å². The van der Waals surface area contributed by atoms with Crippen LogP contribution in [0, 0.1) is 5.82 Å². The number of nitrogens with one attached hydrogen (secondary N) is 1. The number of para-hydroxylation sites is 2. The second-order valence-electron chi connectivity index (χ2n) is 4.22. The van der Waals surface area contributed by atoms with Crippen LogP contribution in [0.25, 0.3) is 0 Å². The van der Waals surface area contributed by atoms with Crippen molar-refractivity contribution in [2.75, 3.05) is 23.9 Å². The second kappa shape index (κ2) is 6.99. The third kappa shape index (κ3) is 4.13. The number of hydrogen-bond donors (Lipinski definition) is 2. The minimum atomic E-state index is -0.393. The number of anilines is 2. The molecule has 0 spiro atoms. The Morgan fingerprint density at radius 3 is 2.81 bits per heavy atom. The van der Waals surface area contributed by atoms with E-state index in [1.54, 1.807) is 25.3 Å². The summed E-state index contributed by atoms with van der Waals surface area (Å²) in [6.07, 6.45) is 0. The molecule has 2 aromatic rings. The summed E-state index contributed by atoms with van der Waals surface area (Å²) >= 11 is 1.25. The summed E-state index contributed by atoms with van der Waals surface area (Å²) in [5.74, 6) is 0.189. The molecular weight excluding hydrogens is 291 g/mol. The topological polar surface area (TPSA) is 64.3 Å². The van der Waals surface area contributed by atoms with Gasteiger partial charge in [0.25, 0.3) is 0 Å². The summed E-state index contributed by atoms with van der Waals surface area (Å²) in [5, 5.41) is 2.76. The lowest BCUT2D eigenvalue weighted by Gasteiger charge is -2.10. The molecule has 3 N–H and O–H groups in total. The Hall–Kier alpha value is -2.21. The summed E-state index contributed by atoms with van der Waals surface area (Å²) in [4.78, 5) is 12.6. The van der Waals surface area contributed by atoms with Crippen molar-refractivity contribution >= 4 is 29.0 Å². The standard InChI is InChI=1S/C15H15FN2O2S/c1-20-13-5-3-2-4-12(13)18-15(19)9-21-14-7-6-10(16)8-11(14)17/h2-8H,9,17H2,1H3,(H,18,19). The van der Waals surface area contributed by atoms with Gasteiger partial charge in [-0.3, -0.25) is 4.79 Å². The van der Waals surface area contributed by atoms with Gasteiger partial charge in [0.1, 0.15) is 11.6 Å². The lowest BCUT2D eigenvalue weighted by molar-refractivity contribution is -0.113. The van der Waals surface area contributed by atoms with Crippen molar-refractivity contribution in [3.8, 4) is 5.75 Å². The third-order valence-corrected chi connectivity index (χ3v) is 3.80. The number of halogens is 1. The molecule has 0 saturated carbocycles. The molecule has 0 aliphatic rings. The number of nitrogen functional groups attached to an aromatic ring is 1. The predicted molar refractivity (Wildman–Crippen MR) is 83.2 cm³/mol. The lowest BCUT2D eigenvalue weighted by atomic mass is 10.3. The summed E-state index contributed by atoms with van der Waals surface area (Å²) in [6, 6.07) is 11.3. The van der Waals surface area contributed by atoms with Crippen LogP contribution in [0.1, 0.15) is 0 Å². The van der Waals surface area contributed by atoms with E-state index in [2.05, 4.69) is 5.32 Å². The maximum atomic E-state index is 12.9. The number of amides is 1. The van der Waals surface area contributed by atoms with Crippen molar-refractivity contribution in [3.63, 3.8) is 0 Å². The molecule has 4 nitrogen and oxygen atoms in total. The van der Waals surface area contributed by atoms with Crippen molar-refractivity contribution in [1.29, 1.82) is 0 Å². The SMILES string of the molecule is COc1ccccc1NC(=O)CSc1ccc(F)cc1N. The van der Waals surface area contributed by atoms with Crippen LogP contribution in [0.3, 0.4) is 0 Å². The number of benzene rings is 2. The van der Waals surface area contributed by atoms with Gasteiger partial charge >= 0.3 is 0 Å². The first-order valence-corrected chi connectivity index (χ1v) is 7.19. The van der Waals surface area contributed by atoms with Gasteiger partial charge in [0.2, 0.25) is 5.91 Å². The smallest absolute Gasteiger partial charge is 0.234 e. The normalized spacial score (nSPS) is 10.2. The lowest BCUT2D eigenvalue weighted by Crippen LogP contribution is -2.14. The first kappa shape index (κ1) is 15.2. The number of ether oxygens (including phenoxy) is 1. The van der Waals surface area contributed by atoms with Gasteiger partial charge < -0.3 is 15.8 Å². The maximum Gasteiger partial charge on any atom is 0.234 e. The highest BCUT2D eigenvalue weighted by atomic mass is 32.2. The highest BCUT2D eigenvalue weighted by molar-refractivity contribution is 8.00. The van der Waals surface area contributed by atoms with Crippen molar-refractivity contribution in [3.05, 3.63) is 48.3 Å². The molecule has 0 aliphatic carbocycles. The summed E-state index contributed by atoms with van der Waals surface area (Å²) in [6.45, 7) is 0. The molecule has 2 aromatic carbocycles. The molecule has 6 heteroatoms. The van der Waals surface area contributed by atoms with E-state index >= 15 is 0 Å². The molecule has 110 valence electrons. The fourth-order valence-corrected chi connectivity index (χ4v) is 2.48. The van der Waals surface area contributed by atoms with E-state index in [-0.39, 0.29) is 11.7 Å². The largest absolute Gasteiger partial charge is 0.495 e. The predicted octanol–water partition coefficient (Wildman–Crippen LogP) is 3.15. The van der Waals surface area contributed by atoms with E-state index in [4.69, 9.17) is 10.5 Å². The zero-order chi connectivity index (χ0) is 15.2. The van der Waals surface area contributed by atoms with Crippen LogP contribution < -0.4 is 15.8 Å². The molecule has 0 heterocycles. The number of nitrogens with two attached hydrogens (primary N) is 1. The fourth-order valence-electron chi connectivity index (χ4n) is 1.73. The summed E-state index contributed by atoms with van der Waals surface area (Å²) in [7, 11) is 1.54. The Morgan fingerprint density at radius 2 is 2.10 bits per heavy atom. The van der Waals surface area contributed by atoms with E-state index in [9.17, 15) is 9.18 Å². The van der Waals surface area contributed by atoms with Crippen LogP contribution in [0.4, 0.5) is 15.8 Å². The van der Waals surface area contributed by atoms with Crippen LogP contribution in [0.15, 0.2) is 47.4 Å². The van der Waals surface area contributed by atoms with Gasteiger partial charge in [-0.15, -0.1) is 11.8 Å². The van der Waals surface area contributed by atoms with Crippen LogP contribution >= 0.6 is 11.8 Å². The molecule has 0 unspecified atom stereocenters. The van der Waals surface area contributed by atoms with Gasteiger partial charge in [0.15, 0.2) is 0 Å². The number of hydrogen-bond acceptors (Lipinski definition) is 4. The van der Waals surface area contributed by atoms with Gasteiger partial charge in [0, 0.05) is 10.6 Å². The molecule has 1 amide bonds. The molecule has 21 heavy (non-hydrogen) atoms. The zero-order valence-electron chi connectivity index (χ0n) is 11.4. The number of carbonyl (C=O) groups excluding carboxylic acids is 1. The van der Waals surface area contributed by atoms with Crippen LogP contribution in [0.5, 0.6) is 5.75 Å². The summed E-state index contributed by atoms with van der Waals surface area (Å²) in [5.41, 5.74) is 6.63. The minimum Gasteiger partial charge on any atom is -0.495 e. The van der Waals surface area contributed by atoms with Crippen LogP contribution in [-0.2, 0) is 4.79 Å². The number of carbonyl (C=O) groups is 1. The van der Waals surface area contributed by atoms with Crippen LogP contribution in [0.2, 0.25) is 0 Å². The Morgan fingerprint density at radius 1 is 1.33 bits per heavy atom. The van der Waals surface area contributed by atoms with Gasteiger partial charge in [0.05, 0.1) is 18.6 Å². The Balaban J connectivity index is 1.96. The molecule has 2 rings (SSSR count). The number of rotatable bonds is 5. The minimum absolute atomic E-state index is 0.174. The van der Waals surface area contributed by atoms with E-state index in [1.807, 2.05) is 12.1 Å². The molecular formula is C15H15FN2O2S. The third-order valence-electron chi connectivity index (χ3n) is 2.71. The molecule has 0 aromatic heterocycles. The average Bonchev–Trinajstić information content (AvgIpc) is 2.47. The van der Waals surface area contributed by atoms with E-state index in [0.717, 1.165) is 0 Å². The van der Waals surface area contributed by atoms with Gasteiger partial charge in [-0.2, -0.15) is 0 Å². The van der Waals surface area contributed by atoms with Crippen molar-refractivity contribution in [1.82, 2.24) is 0 Å². The second-order valence-corrected chi connectivity index (χ2v) is 5.24. The van der Waals surface area contributed by atoms with Gasteiger partial charge in [-0.1, -0.05) is 12.1 Å². The zero-order valence-corrected chi connectivity index (χ0v) is 12.2. The number of methoxy groups -OCH3 is 1. The Bertz CT molecular complexity index is 649. The quantitative estimate of drug-likeness (QED) is 0.658. The van der Waals surface area contributed by atoms with Gasteiger partial charge in [-0.05, 0) is 30.3 Å². The van der Waals surface area contributed by atoms with E-state index < -0.39 is 5.82 Å². The molecule has 0 bridgehead atoms. The highest BCUT2D eigenvalue weighted by Gasteiger charge is 2.09. The molecule has 0 saturated heterocycles. The number of thioether (sulfide) groups is 1. The first-order valence-electron chi connectivity index (χ1n) is 6.21. The summed E-state index contributed by atoms with van der Waals surface area (Å²) < 4.78 is 18.1. The Labute approximate surface area is 126 Å². The van der Waals surface area contributed by atoms with Crippen molar-refractivity contribution in [2.45, 2.75) is 4.90 Å². The van der Waals surface area contributed by atoms with E-state index in [0.29, 0.717) is 22.0 Å². The molecule has 0 aliphatic heterocycles. The fraction of sp³-hybridized carbons (Fsp3) is 0.133. The maximum absolute atomic E-state index is 12.9. The van der Waals surface area contributed by atoms with Crippen molar-refractivity contribution in [2.24, 2.45) is 0 Å². The molecule has 0 fully saturated rings. The molecule has 0 radical (unpaired) electrons.